The first-order chi connectivity index (χ1) is 31.6. The molecule has 0 bridgehead atoms. The van der Waals surface area contributed by atoms with Crippen molar-refractivity contribution in [3.8, 4) is 22.3 Å². The largest absolute Gasteiger partial charge is 0.478 e. The lowest BCUT2D eigenvalue weighted by atomic mass is 10.0. The smallest absolute Gasteiger partial charge is 0.337 e. The minimum absolute atomic E-state index is 0.156. The van der Waals surface area contributed by atoms with Crippen molar-refractivity contribution in [2.75, 3.05) is 53.9 Å². The lowest BCUT2D eigenvalue weighted by Crippen LogP contribution is -2.08. The molecule has 0 aliphatic heterocycles. The first-order valence-electron chi connectivity index (χ1n) is 21.0. The standard InChI is InChI=1S/C21H19FN2O2.C21H21FN2.C13H11BrFN/c1-24(2)18-10-3-14(4-11-18)15-5-12-19(21(25)26)20(13-15)23-17-8-6-16(22)7-9-17;1-15-4-5-17(16-6-12-20(13-7-16)24(2)3)14-21(15)23-19-10-8-18(22)9-11-19;1-9-2-3-10(14)8-13(9)16-12-6-4-11(15)5-7-12/h3-13,23H,1-2H3,(H,25,26);4-14,23H,1-3H3;2-8,16H,1H3. The summed E-state index contributed by atoms with van der Waals surface area (Å²) in [4.78, 5) is 15.6. The van der Waals surface area contributed by atoms with Crippen molar-refractivity contribution >= 4 is 67.4 Å². The molecule has 336 valence electrons. The van der Waals surface area contributed by atoms with Gasteiger partial charge < -0.3 is 30.9 Å². The summed E-state index contributed by atoms with van der Waals surface area (Å²) in [5.41, 5.74) is 13.8. The zero-order chi connectivity index (χ0) is 47.3. The maximum Gasteiger partial charge on any atom is 0.337 e. The second-order valence-electron chi connectivity index (χ2n) is 15.8. The molecule has 0 aliphatic carbocycles. The number of carboxylic acids is 1. The first-order valence-corrected chi connectivity index (χ1v) is 21.8. The van der Waals surface area contributed by atoms with Gasteiger partial charge in [-0.3, -0.25) is 0 Å². The van der Waals surface area contributed by atoms with Gasteiger partial charge in [0.2, 0.25) is 0 Å². The van der Waals surface area contributed by atoms with Crippen LogP contribution in [0.25, 0.3) is 22.3 Å². The molecule has 0 unspecified atom stereocenters. The maximum atomic E-state index is 13.1. The molecule has 0 atom stereocenters. The molecule has 0 radical (unpaired) electrons. The molecule has 0 fully saturated rings. The molecular weight excluding hydrogens is 900 g/mol. The zero-order valence-corrected chi connectivity index (χ0v) is 39.1. The fourth-order valence-corrected chi connectivity index (χ4v) is 7.01. The third kappa shape index (κ3) is 13.5. The van der Waals surface area contributed by atoms with Gasteiger partial charge in [-0.2, -0.15) is 0 Å². The summed E-state index contributed by atoms with van der Waals surface area (Å²) in [7, 11) is 8.01. The fourth-order valence-electron chi connectivity index (χ4n) is 6.65. The van der Waals surface area contributed by atoms with Crippen LogP contribution in [0.2, 0.25) is 0 Å². The summed E-state index contributed by atoms with van der Waals surface area (Å²) in [6, 6.07) is 52.5. The van der Waals surface area contributed by atoms with Crippen LogP contribution < -0.4 is 25.8 Å². The molecule has 0 aromatic heterocycles. The van der Waals surface area contributed by atoms with Gasteiger partial charge in [-0.25, -0.2) is 18.0 Å². The molecule has 0 spiro atoms. The minimum Gasteiger partial charge on any atom is -0.478 e. The number of hydrogen-bond donors (Lipinski definition) is 4. The number of aryl methyl sites for hydroxylation is 2. The Labute approximate surface area is 393 Å². The highest BCUT2D eigenvalue weighted by Crippen LogP contribution is 2.31. The molecule has 0 aliphatic rings. The molecule has 7 nitrogen and oxygen atoms in total. The van der Waals surface area contributed by atoms with E-state index in [9.17, 15) is 23.1 Å². The number of nitrogens with one attached hydrogen (secondary N) is 3. The Hall–Kier alpha value is -7.50. The lowest BCUT2D eigenvalue weighted by Gasteiger charge is -2.14. The SMILES string of the molecule is CN(C)c1ccc(-c2ccc(C(=O)O)c(Nc3ccc(F)cc3)c2)cc1.Cc1ccc(-c2ccc(N(C)C)cc2)cc1Nc1ccc(F)cc1.Cc1ccc(Br)cc1Nc1ccc(F)cc1. The van der Waals surface area contributed by atoms with Crippen molar-refractivity contribution in [3.05, 3.63) is 215 Å². The van der Waals surface area contributed by atoms with E-state index in [1.54, 1.807) is 54.6 Å². The van der Waals surface area contributed by atoms with Crippen LogP contribution in [0.1, 0.15) is 21.5 Å². The number of hydrogen-bond acceptors (Lipinski definition) is 6. The minimum atomic E-state index is -1.02. The topological polar surface area (TPSA) is 79.9 Å². The molecule has 4 N–H and O–H groups in total. The summed E-state index contributed by atoms with van der Waals surface area (Å²) in [6.07, 6.45) is 0. The number of anilines is 8. The van der Waals surface area contributed by atoms with Crippen LogP contribution in [0.5, 0.6) is 0 Å². The second kappa shape index (κ2) is 22.4. The third-order valence-electron chi connectivity index (χ3n) is 10.5. The molecule has 8 aromatic carbocycles. The fraction of sp³-hybridized carbons (Fsp3) is 0.109. The highest BCUT2D eigenvalue weighted by atomic mass is 79.9. The molecule has 0 saturated carbocycles. The van der Waals surface area contributed by atoms with Gasteiger partial charge in [0.05, 0.1) is 11.3 Å². The summed E-state index contributed by atoms with van der Waals surface area (Å²) in [6.45, 7) is 4.09. The Kier molecular flexibility index (Phi) is 16.3. The average Bonchev–Trinajstić information content (AvgIpc) is 3.31. The van der Waals surface area contributed by atoms with Gasteiger partial charge in [-0.1, -0.05) is 64.5 Å². The number of carbonyl (C=O) groups is 1. The number of halogens is 4. The van der Waals surface area contributed by atoms with E-state index in [4.69, 9.17) is 0 Å². The van der Waals surface area contributed by atoms with Gasteiger partial charge in [0.25, 0.3) is 0 Å². The Morgan fingerprint density at radius 1 is 0.439 bits per heavy atom. The molecule has 0 saturated heterocycles. The van der Waals surface area contributed by atoms with E-state index < -0.39 is 5.97 Å². The van der Waals surface area contributed by atoms with E-state index in [-0.39, 0.29) is 23.0 Å². The zero-order valence-electron chi connectivity index (χ0n) is 37.5. The summed E-state index contributed by atoms with van der Waals surface area (Å²) >= 11 is 3.42. The van der Waals surface area contributed by atoms with E-state index in [2.05, 4.69) is 86.2 Å². The van der Waals surface area contributed by atoms with Gasteiger partial charge in [-0.15, -0.1) is 0 Å². The van der Waals surface area contributed by atoms with Crippen molar-refractivity contribution in [3.63, 3.8) is 0 Å². The Morgan fingerprint density at radius 2 is 0.773 bits per heavy atom. The van der Waals surface area contributed by atoms with Crippen LogP contribution in [0.15, 0.2) is 180 Å². The normalized spacial score (nSPS) is 10.4. The molecule has 11 heteroatoms. The van der Waals surface area contributed by atoms with Gasteiger partial charge in [0.1, 0.15) is 17.5 Å². The number of carboxylic acid groups (broad SMARTS) is 1. The van der Waals surface area contributed by atoms with Crippen LogP contribution in [0.3, 0.4) is 0 Å². The highest BCUT2D eigenvalue weighted by Gasteiger charge is 2.13. The molecule has 8 aromatic rings. The van der Waals surface area contributed by atoms with E-state index >= 15 is 0 Å². The van der Waals surface area contributed by atoms with Gasteiger partial charge in [-0.05, 0) is 175 Å². The maximum absolute atomic E-state index is 13.1. The van der Waals surface area contributed by atoms with Crippen LogP contribution in [0, 0.1) is 31.3 Å². The van der Waals surface area contributed by atoms with Crippen LogP contribution in [-0.4, -0.2) is 39.3 Å². The van der Waals surface area contributed by atoms with Crippen molar-refractivity contribution in [1.29, 1.82) is 0 Å². The third-order valence-corrected chi connectivity index (χ3v) is 11.0. The molecule has 8 rings (SSSR count). The van der Waals surface area contributed by atoms with Crippen molar-refractivity contribution < 1.29 is 23.1 Å². The lowest BCUT2D eigenvalue weighted by molar-refractivity contribution is 0.0698. The molecule has 0 heterocycles. The number of benzene rings is 8. The van der Waals surface area contributed by atoms with Crippen LogP contribution in [0.4, 0.5) is 58.7 Å². The molecular formula is C55H51BrF3N5O2. The molecule has 66 heavy (non-hydrogen) atoms. The highest BCUT2D eigenvalue weighted by molar-refractivity contribution is 9.10. The van der Waals surface area contributed by atoms with Gasteiger partial charge >= 0.3 is 5.97 Å². The van der Waals surface area contributed by atoms with Crippen LogP contribution >= 0.6 is 15.9 Å². The van der Waals surface area contributed by atoms with Crippen molar-refractivity contribution in [2.45, 2.75) is 13.8 Å². The Bertz CT molecular complexity index is 2860. The van der Waals surface area contributed by atoms with E-state index in [0.717, 1.165) is 60.7 Å². The van der Waals surface area contributed by atoms with Crippen molar-refractivity contribution in [2.24, 2.45) is 0 Å². The summed E-state index contributed by atoms with van der Waals surface area (Å²) in [5.74, 6) is -1.82. The van der Waals surface area contributed by atoms with E-state index in [1.165, 1.54) is 47.6 Å². The van der Waals surface area contributed by atoms with Gasteiger partial charge in [0, 0.05) is 72.5 Å². The van der Waals surface area contributed by atoms with E-state index in [1.807, 2.05) is 82.5 Å². The predicted octanol–water partition coefficient (Wildman–Crippen LogP) is 15.3. The quantitative estimate of drug-likeness (QED) is 0.103. The Balaban J connectivity index is 0.000000168. The van der Waals surface area contributed by atoms with Crippen molar-refractivity contribution in [1.82, 2.24) is 0 Å². The number of aromatic carboxylic acids is 1. The number of nitrogens with zero attached hydrogens (tertiary/aromatic N) is 2. The average molecular weight is 951 g/mol. The molecule has 0 amide bonds. The Morgan fingerprint density at radius 3 is 1.17 bits per heavy atom. The summed E-state index contributed by atoms with van der Waals surface area (Å²) < 4.78 is 39.9. The predicted molar refractivity (Wildman–Crippen MR) is 272 cm³/mol. The first kappa shape index (κ1) is 48.0. The summed E-state index contributed by atoms with van der Waals surface area (Å²) in [5, 5.41) is 19.1. The van der Waals surface area contributed by atoms with E-state index in [0.29, 0.717) is 11.4 Å². The second-order valence-corrected chi connectivity index (χ2v) is 16.7. The monoisotopic (exact) mass is 949 g/mol. The van der Waals surface area contributed by atoms with Crippen LogP contribution in [-0.2, 0) is 0 Å². The number of rotatable bonds is 11. The van der Waals surface area contributed by atoms with Gasteiger partial charge in [0.15, 0.2) is 0 Å².